The highest BCUT2D eigenvalue weighted by molar-refractivity contribution is 7.91. The van der Waals surface area contributed by atoms with Gasteiger partial charge in [-0.2, -0.15) is 0 Å². The summed E-state index contributed by atoms with van der Waals surface area (Å²) in [5, 5.41) is 2.06. The second-order valence-electron chi connectivity index (χ2n) is 8.16. The van der Waals surface area contributed by atoms with Crippen molar-refractivity contribution in [3.05, 3.63) is 45.4 Å². The summed E-state index contributed by atoms with van der Waals surface area (Å²) in [6.45, 7) is 6.19. The zero-order chi connectivity index (χ0) is 21.2. The molecule has 3 rings (SSSR count). The molecule has 1 aliphatic rings. The van der Waals surface area contributed by atoms with Gasteiger partial charge in [-0.05, 0) is 64.8 Å². The van der Waals surface area contributed by atoms with Crippen molar-refractivity contribution in [2.45, 2.75) is 39.3 Å². The molecule has 1 unspecified atom stereocenters. The number of aromatic nitrogens is 1. The fraction of sp³-hybridized carbons (Fsp3) is 0.571. The molecule has 1 fully saturated rings. The molecule has 1 aliphatic heterocycles. The van der Waals surface area contributed by atoms with Crippen LogP contribution in [0.4, 0.5) is 0 Å². The quantitative estimate of drug-likeness (QED) is 0.637. The highest BCUT2D eigenvalue weighted by Crippen LogP contribution is 2.24. The fourth-order valence-corrected chi connectivity index (χ4v) is 6.43. The topological polar surface area (TPSA) is 62.6 Å². The molecule has 3 heterocycles. The second kappa shape index (κ2) is 9.02. The third kappa shape index (κ3) is 5.29. The van der Waals surface area contributed by atoms with E-state index < -0.39 is 9.84 Å². The predicted molar refractivity (Wildman–Crippen MR) is 119 cm³/mol. The van der Waals surface area contributed by atoms with Gasteiger partial charge in [-0.15, -0.1) is 11.3 Å². The van der Waals surface area contributed by atoms with Crippen molar-refractivity contribution < 1.29 is 13.2 Å². The van der Waals surface area contributed by atoms with E-state index in [1.807, 2.05) is 45.0 Å². The number of hydrogen-bond acceptors (Lipinski definition) is 5. The van der Waals surface area contributed by atoms with E-state index in [9.17, 15) is 13.2 Å². The van der Waals surface area contributed by atoms with Gasteiger partial charge in [0.1, 0.15) is 0 Å². The third-order valence-corrected chi connectivity index (χ3v) is 8.22. The summed E-state index contributed by atoms with van der Waals surface area (Å²) in [6, 6.07) is 5.86. The minimum Gasteiger partial charge on any atom is -0.343 e. The molecule has 0 saturated carbocycles. The fourth-order valence-electron chi connectivity index (χ4n) is 4.00. The molecule has 1 atom stereocenters. The van der Waals surface area contributed by atoms with E-state index in [1.54, 1.807) is 11.3 Å². The van der Waals surface area contributed by atoms with Crippen molar-refractivity contribution in [2.24, 2.45) is 0 Å². The maximum Gasteiger partial charge on any atom is 0.255 e. The lowest BCUT2D eigenvalue weighted by molar-refractivity contribution is 0.0689. The van der Waals surface area contributed by atoms with Gasteiger partial charge in [0.05, 0.1) is 23.6 Å². The molecule has 160 valence electrons. The normalized spacial score (nSPS) is 18.4. The van der Waals surface area contributed by atoms with Crippen LogP contribution < -0.4 is 0 Å². The first-order chi connectivity index (χ1) is 13.7. The summed E-state index contributed by atoms with van der Waals surface area (Å²) >= 11 is 1.71. The van der Waals surface area contributed by atoms with Crippen LogP contribution in [0.25, 0.3) is 0 Å². The van der Waals surface area contributed by atoms with Gasteiger partial charge in [-0.3, -0.25) is 4.79 Å². The molecular weight excluding hydrogens is 406 g/mol. The van der Waals surface area contributed by atoms with Crippen LogP contribution in [0.2, 0.25) is 0 Å². The van der Waals surface area contributed by atoms with E-state index in [-0.39, 0.29) is 23.5 Å². The predicted octanol–water partition coefficient (Wildman–Crippen LogP) is 2.80. The Labute approximate surface area is 178 Å². The Bertz CT molecular complexity index is 946. The first kappa shape index (κ1) is 22.1. The molecule has 2 aromatic heterocycles. The van der Waals surface area contributed by atoms with Gasteiger partial charge in [0.15, 0.2) is 9.84 Å². The average Bonchev–Trinajstić information content (AvgIpc) is 3.34. The summed E-state index contributed by atoms with van der Waals surface area (Å²) in [5.41, 5.74) is 2.68. The van der Waals surface area contributed by atoms with Crippen molar-refractivity contribution >= 4 is 27.1 Å². The number of nitrogens with zero attached hydrogens (tertiary/aromatic N) is 3. The number of rotatable bonds is 8. The largest absolute Gasteiger partial charge is 0.343 e. The van der Waals surface area contributed by atoms with Gasteiger partial charge < -0.3 is 14.4 Å². The Morgan fingerprint density at radius 2 is 2.03 bits per heavy atom. The standard InChI is InChI=1S/C21H31N3O3S2/c1-16-13-20(17(2)24(16)14-19-7-5-11-28-19)21(25)23(10-6-9-22(3)4)18-8-12-29(26,27)15-18/h5,7,11,13,18H,6,8-10,12,14-15H2,1-4H3. The molecule has 8 heteroatoms. The molecule has 1 saturated heterocycles. The molecule has 0 aliphatic carbocycles. The Balaban J connectivity index is 1.84. The molecule has 0 N–H and O–H groups in total. The summed E-state index contributed by atoms with van der Waals surface area (Å²) in [5.74, 6) is 0.206. The van der Waals surface area contributed by atoms with Gasteiger partial charge in [0.2, 0.25) is 0 Å². The van der Waals surface area contributed by atoms with E-state index in [2.05, 4.69) is 20.9 Å². The summed E-state index contributed by atoms with van der Waals surface area (Å²) in [7, 11) is 0.956. The zero-order valence-corrected chi connectivity index (χ0v) is 19.4. The van der Waals surface area contributed by atoms with Crippen LogP contribution in [0.5, 0.6) is 0 Å². The highest BCUT2D eigenvalue weighted by Gasteiger charge is 2.35. The molecule has 29 heavy (non-hydrogen) atoms. The lowest BCUT2D eigenvalue weighted by Crippen LogP contribution is -2.42. The van der Waals surface area contributed by atoms with E-state index >= 15 is 0 Å². The van der Waals surface area contributed by atoms with Crippen molar-refractivity contribution in [1.82, 2.24) is 14.4 Å². The van der Waals surface area contributed by atoms with Crippen molar-refractivity contribution in [1.29, 1.82) is 0 Å². The number of thiophene rings is 1. The molecule has 6 nitrogen and oxygen atoms in total. The van der Waals surface area contributed by atoms with Crippen LogP contribution in [0.15, 0.2) is 23.6 Å². The first-order valence-electron chi connectivity index (χ1n) is 10.0. The summed E-state index contributed by atoms with van der Waals surface area (Å²) in [4.78, 5) is 18.7. The van der Waals surface area contributed by atoms with Gasteiger partial charge in [-0.1, -0.05) is 6.07 Å². The van der Waals surface area contributed by atoms with Crippen molar-refractivity contribution in [2.75, 3.05) is 38.7 Å². The number of carbonyl (C=O) groups is 1. The van der Waals surface area contributed by atoms with Crippen molar-refractivity contribution in [3.8, 4) is 0 Å². The lowest BCUT2D eigenvalue weighted by Gasteiger charge is -2.29. The maximum absolute atomic E-state index is 13.5. The highest BCUT2D eigenvalue weighted by atomic mass is 32.2. The Morgan fingerprint density at radius 1 is 1.28 bits per heavy atom. The Morgan fingerprint density at radius 3 is 2.62 bits per heavy atom. The Kier molecular flexibility index (Phi) is 6.86. The van der Waals surface area contributed by atoms with Gasteiger partial charge >= 0.3 is 0 Å². The average molecular weight is 438 g/mol. The van der Waals surface area contributed by atoms with Crippen LogP contribution in [0.1, 0.15) is 39.5 Å². The molecule has 0 bridgehead atoms. The molecule has 0 radical (unpaired) electrons. The second-order valence-corrected chi connectivity index (χ2v) is 11.4. The SMILES string of the molecule is Cc1cc(C(=O)N(CCCN(C)C)C2CCS(=O)(=O)C2)c(C)n1Cc1cccs1. The van der Waals surface area contributed by atoms with E-state index in [0.717, 1.165) is 30.9 Å². The van der Waals surface area contributed by atoms with E-state index in [1.165, 1.54) is 4.88 Å². The van der Waals surface area contributed by atoms with Gasteiger partial charge in [0, 0.05) is 28.9 Å². The smallest absolute Gasteiger partial charge is 0.255 e. The van der Waals surface area contributed by atoms with Crippen LogP contribution in [-0.2, 0) is 16.4 Å². The summed E-state index contributed by atoms with van der Waals surface area (Å²) < 4.78 is 26.2. The number of carbonyl (C=O) groups excluding carboxylic acids is 1. The number of aryl methyl sites for hydroxylation is 1. The van der Waals surface area contributed by atoms with Crippen LogP contribution >= 0.6 is 11.3 Å². The van der Waals surface area contributed by atoms with Crippen LogP contribution in [0.3, 0.4) is 0 Å². The molecule has 0 spiro atoms. The maximum atomic E-state index is 13.5. The van der Waals surface area contributed by atoms with Crippen LogP contribution in [-0.4, -0.2) is 73.4 Å². The van der Waals surface area contributed by atoms with E-state index in [0.29, 0.717) is 18.5 Å². The van der Waals surface area contributed by atoms with Gasteiger partial charge in [0.25, 0.3) is 5.91 Å². The van der Waals surface area contributed by atoms with Crippen LogP contribution in [0, 0.1) is 13.8 Å². The Hall–Kier alpha value is -1.64. The molecule has 2 aromatic rings. The minimum absolute atomic E-state index is 0.0450. The molecule has 0 aromatic carbocycles. The van der Waals surface area contributed by atoms with Gasteiger partial charge in [-0.25, -0.2) is 8.42 Å². The third-order valence-electron chi connectivity index (χ3n) is 5.61. The zero-order valence-electron chi connectivity index (χ0n) is 17.7. The molecular formula is C21H31N3O3S2. The molecule has 1 amide bonds. The van der Waals surface area contributed by atoms with Crippen molar-refractivity contribution in [3.63, 3.8) is 0 Å². The number of sulfone groups is 1. The monoisotopic (exact) mass is 437 g/mol. The number of amides is 1. The summed E-state index contributed by atoms with van der Waals surface area (Å²) in [6.07, 6.45) is 1.35. The lowest BCUT2D eigenvalue weighted by atomic mass is 10.1. The van der Waals surface area contributed by atoms with E-state index in [4.69, 9.17) is 0 Å². The first-order valence-corrected chi connectivity index (χ1v) is 12.7. The minimum atomic E-state index is -3.05. The number of hydrogen-bond donors (Lipinski definition) is 0.